The Balaban J connectivity index is 1.27. The second-order valence-electron chi connectivity index (χ2n) is 10.5. The number of hydrogen-bond acceptors (Lipinski definition) is 9. The number of sulfonamides is 1. The van der Waals surface area contributed by atoms with Gasteiger partial charge in [-0.3, -0.25) is 0 Å². The predicted molar refractivity (Wildman–Crippen MR) is 152 cm³/mol. The van der Waals surface area contributed by atoms with E-state index >= 15 is 0 Å². The van der Waals surface area contributed by atoms with Crippen molar-refractivity contribution in [2.45, 2.75) is 63.3 Å². The van der Waals surface area contributed by atoms with Gasteiger partial charge in [-0.1, -0.05) is 17.7 Å². The standard InChI is InChI=1S/C27H33ClN8O3S/c1-40(38,39)35-10-8-22(9-11-35)33-27-31-15-19(13-29)26(34-27)20-16-32-36(17-20)25-7-2-18(12-24(25)28)14-30-21-3-5-23(37)6-4-21/h2,7,12,15-17,21-23,30,37H,3-6,8-11,14H2,1H3,(H,31,33,34)/t21-,23-. The highest BCUT2D eigenvalue weighted by molar-refractivity contribution is 7.88. The molecule has 11 nitrogen and oxygen atoms in total. The van der Waals surface area contributed by atoms with Crippen LogP contribution in [0.2, 0.25) is 5.02 Å². The molecule has 2 aliphatic rings. The summed E-state index contributed by atoms with van der Waals surface area (Å²) in [6.45, 7) is 1.57. The van der Waals surface area contributed by atoms with Gasteiger partial charge in [0.1, 0.15) is 6.07 Å². The van der Waals surface area contributed by atoms with Crippen LogP contribution in [-0.4, -0.2) is 75.1 Å². The quantitative estimate of drug-likeness (QED) is 0.363. The van der Waals surface area contributed by atoms with Crippen molar-refractivity contribution in [2.75, 3.05) is 24.7 Å². The molecule has 2 fully saturated rings. The number of aliphatic hydroxyl groups excluding tert-OH is 1. The van der Waals surface area contributed by atoms with E-state index in [4.69, 9.17) is 11.6 Å². The molecule has 3 N–H and O–H groups in total. The number of benzene rings is 1. The van der Waals surface area contributed by atoms with Crippen molar-refractivity contribution in [3.05, 3.63) is 52.9 Å². The molecule has 0 bridgehead atoms. The lowest BCUT2D eigenvalue weighted by molar-refractivity contribution is 0.116. The Morgan fingerprint density at radius 1 is 1.12 bits per heavy atom. The molecule has 1 aliphatic carbocycles. The molecule has 1 saturated heterocycles. The van der Waals surface area contributed by atoms with Gasteiger partial charge in [0.15, 0.2) is 0 Å². The van der Waals surface area contributed by atoms with Crippen LogP contribution < -0.4 is 10.6 Å². The fraction of sp³-hybridized carbons (Fsp3) is 0.481. The first kappa shape index (κ1) is 28.4. The summed E-state index contributed by atoms with van der Waals surface area (Å²) in [7, 11) is -3.20. The minimum atomic E-state index is -3.20. The Bertz CT molecular complexity index is 1490. The zero-order valence-electron chi connectivity index (χ0n) is 22.3. The van der Waals surface area contributed by atoms with Crippen molar-refractivity contribution >= 4 is 27.6 Å². The first-order chi connectivity index (χ1) is 19.2. The average molecular weight is 585 g/mol. The zero-order valence-corrected chi connectivity index (χ0v) is 23.9. The van der Waals surface area contributed by atoms with E-state index < -0.39 is 10.0 Å². The summed E-state index contributed by atoms with van der Waals surface area (Å²) in [5.74, 6) is 0.377. The number of nitrogens with zero attached hydrogens (tertiary/aromatic N) is 6. The van der Waals surface area contributed by atoms with Gasteiger partial charge in [0.2, 0.25) is 16.0 Å². The molecule has 1 saturated carbocycles. The van der Waals surface area contributed by atoms with Crippen LogP contribution in [0.1, 0.15) is 49.7 Å². The highest BCUT2D eigenvalue weighted by Crippen LogP contribution is 2.27. The van der Waals surface area contributed by atoms with E-state index in [2.05, 4.69) is 31.8 Å². The fourth-order valence-electron chi connectivity index (χ4n) is 5.23. The minimum absolute atomic E-state index is 0.0260. The van der Waals surface area contributed by atoms with Crippen LogP contribution >= 0.6 is 11.6 Å². The maximum atomic E-state index is 11.8. The van der Waals surface area contributed by atoms with E-state index in [0.717, 1.165) is 31.2 Å². The van der Waals surface area contributed by atoms with Crippen LogP contribution in [0, 0.1) is 11.3 Å². The highest BCUT2D eigenvalue weighted by atomic mass is 35.5. The number of hydrogen-bond donors (Lipinski definition) is 3. The van der Waals surface area contributed by atoms with E-state index in [9.17, 15) is 18.8 Å². The largest absolute Gasteiger partial charge is 0.393 e. The second-order valence-corrected chi connectivity index (χ2v) is 12.9. The van der Waals surface area contributed by atoms with Gasteiger partial charge in [0.05, 0.1) is 46.7 Å². The Morgan fingerprint density at radius 3 is 2.55 bits per heavy atom. The van der Waals surface area contributed by atoms with Crippen molar-refractivity contribution in [3.63, 3.8) is 0 Å². The van der Waals surface area contributed by atoms with Gasteiger partial charge in [0.25, 0.3) is 0 Å². The van der Waals surface area contributed by atoms with Gasteiger partial charge >= 0.3 is 0 Å². The monoisotopic (exact) mass is 584 g/mol. The molecule has 0 radical (unpaired) electrons. The number of anilines is 1. The van der Waals surface area contributed by atoms with Crippen molar-refractivity contribution in [3.8, 4) is 23.0 Å². The fourth-order valence-corrected chi connectivity index (χ4v) is 6.40. The van der Waals surface area contributed by atoms with Gasteiger partial charge in [-0.15, -0.1) is 0 Å². The average Bonchev–Trinajstić information content (AvgIpc) is 3.42. The van der Waals surface area contributed by atoms with Crippen LogP contribution in [-0.2, 0) is 16.6 Å². The van der Waals surface area contributed by atoms with Gasteiger partial charge < -0.3 is 15.7 Å². The van der Waals surface area contributed by atoms with Crippen molar-refractivity contribution in [1.82, 2.24) is 29.4 Å². The van der Waals surface area contributed by atoms with Gasteiger partial charge in [-0.05, 0) is 56.2 Å². The molecule has 212 valence electrons. The maximum Gasteiger partial charge on any atom is 0.223 e. The molecule has 3 aromatic rings. The van der Waals surface area contributed by atoms with Crippen molar-refractivity contribution in [2.24, 2.45) is 0 Å². The number of aromatic nitrogens is 4. The summed E-state index contributed by atoms with van der Waals surface area (Å²) in [4.78, 5) is 8.90. The van der Waals surface area contributed by atoms with Crippen molar-refractivity contribution < 1.29 is 13.5 Å². The SMILES string of the molecule is CS(=O)(=O)N1CCC(Nc2ncc(C#N)c(-c3cnn(-c4ccc(CN[C@H]5CC[C@H](O)CC5)cc4Cl)c3)n2)CC1. The normalized spacial score (nSPS) is 20.8. The van der Waals surface area contributed by atoms with Gasteiger partial charge in [0, 0.05) is 43.5 Å². The Morgan fingerprint density at radius 2 is 1.88 bits per heavy atom. The topological polar surface area (TPSA) is 149 Å². The van der Waals surface area contributed by atoms with E-state index in [1.807, 2.05) is 18.2 Å². The minimum Gasteiger partial charge on any atom is -0.393 e. The molecule has 0 atom stereocenters. The predicted octanol–water partition coefficient (Wildman–Crippen LogP) is 3.08. The number of piperidine rings is 1. The third kappa shape index (κ3) is 6.79. The summed E-state index contributed by atoms with van der Waals surface area (Å²) >= 11 is 6.64. The van der Waals surface area contributed by atoms with E-state index in [0.29, 0.717) is 72.0 Å². The smallest absolute Gasteiger partial charge is 0.223 e. The van der Waals surface area contributed by atoms with E-state index in [1.165, 1.54) is 16.8 Å². The van der Waals surface area contributed by atoms with E-state index in [-0.39, 0.29) is 12.1 Å². The summed E-state index contributed by atoms with van der Waals surface area (Å²) in [5.41, 5.74) is 3.19. The molecular formula is C27H33ClN8O3S. The van der Waals surface area contributed by atoms with Crippen LogP contribution in [0.15, 0.2) is 36.8 Å². The number of rotatable bonds is 8. The van der Waals surface area contributed by atoms with Crippen LogP contribution in [0.3, 0.4) is 0 Å². The molecule has 0 unspecified atom stereocenters. The van der Waals surface area contributed by atoms with Crippen LogP contribution in [0.5, 0.6) is 0 Å². The number of nitriles is 1. The summed E-state index contributed by atoms with van der Waals surface area (Å²) < 4.78 is 26.7. The molecule has 40 heavy (non-hydrogen) atoms. The number of nitrogens with one attached hydrogen (secondary N) is 2. The lowest BCUT2D eigenvalue weighted by atomic mass is 9.93. The Hall–Kier alpha value is -3.08. The Kier molecular flexibility index (Phi) is 8.68. The van der Waals surface area contributed by atoms with Gasteiger partial charge in [-0.25, -0.2) is 27.4 Å². The molecule has 1 aliphatic heterocycles. The molecule has 13 heteroatoms. The molecule has 0 spiro atoms. The molecule has 5 rings (SSSR count). The van der Waals surface area contributed by atoms with Crippen LogP contribution in [0.25, 0.3) is 16.9 Å². The Labute approximate surface area is 239 Å². The third-order valence-corrected chi connectivity index (χ3v) is 9.18. The number of aliphatic hydroxyl groups is 1. The molecule has 1 aromatic carbocycles. The first-order valence-corrected chi connectivity index (χ1v) is 15.7. The number of halogens is 1. The highest BCUT2D eigenvalue weighted by Gasteiger charge is 2.25. The van der Waals surface area contributed by atoms with Gasteiger partial charge in [-0.2, -0.15) is 10.4 Å². The zero-order chi connectivity index (χ0) is 28.3. The molecule has 0 amide bonds. The maximum absolute atomic E-state index is 11.8. The third-order valence-electron chi connectivity index (χ3n) is 7.57. The van der Waals surface area contributed by atoms with Crippen molar-refractivity contribution in [1.29, 1.82) is 5.26 Å². The summed E-state index contributed by atoms with van der Waals surface area (Å²) in [6.07, 6.45) is 10.8. The summed E-state index contributed by atoms with van der Waals surface area (Å²) in [5, 5.41) is 31.2. The first-order valence-electron chi connectivity index (χ1n) is 13.4. The molecular weight excluding hydrogens is 552 g/mol. The lowest BCUT2D eigenvalue weighted by Gasteiger charge is -2.30. The molecule has 2 aromatic heterocycles. The summed E-state index contributed by atoms with van der Waals surface area (Å²) in [6, 6.07) is 8.42. The van der Waals surface area contributed by atoms with E-state index in [1.54, 1.807) is 17.1 Å². The molecule has 3 heterocycles. The van der Waals surface area contributed by atoms with Crippen LogP contribution in [0.4, 0.5) is 5.95 Å². The lowest BCUT2D eigenvalue weighted by Crippen LogP contribution is -2.42. The second kappa shape index (κ2) is 12.2.